The van der Waals surface area contributed by atoms with Crippen LogP contribution in [0.1, 0.15) is 27.6 Å². The van der Waals surface area contributed by atoms with Crippen LogP contribution in [0.5, 0.6) is 5.75 Å². The lowest BCUT2D eigenvalue weighted by Crippen LogP contribution is -2.19. The van der Waals surface area contributed by atoms with Crippen molar-refractivity contribution in [1.29, 1.82) is 0 Å². The lowest BCUT2D eigenvalue weighted by Gasteiger charge is -2.16. The van der Waals surface area contributed by atoms with Crippen LogP contribution in [0.4, 0.5) is 0 Å². The molecule has 28 heavy (non-hydrogen) atoms. The van der Waals surface area contributed by atoms with E-state index in [0.717, 1.165) is 5.56 Å². The number of carbonyl (C=O) groups is 2. The number of methoxy groups -OCH3 is 1. The van der Waals surface area contributed by atoms with Crippen LogP contribution in [-0.4, -0.2) is 18.9 Å². The molecule has 0 amide bonds. The van der Waals surface area contributed by atoms with Crippen molar-refractivity contribution >= 4 is 17.8 Å². The van der Waals surface area contributed by atoms with Gasteiger partial charge in [0.05, 0.1) is 7.11 Å². The van der Waals surface area contributed by atoms with E-state index < -0.39 is 12.1 Å². The Morgan fingerprint density at radius 3 is 2.04 bits per heavy atom. The van der Waals surface area contributed by atoms with Gasteiger partial charge in [-0.15, -0.1) is 0 Å². The molecule has 140 valence electrons. The molecule has 0 spiro atoms. The third kappa shape index (κ3) is 4.95. The zero-order chi connectivity index (χ0) is 19.8. The van der Waals surface area contributed by atoms with Crippen LogP contribution >= 0.6 is 0 Å². The first-order valence-electron chi connectivity index (χ1n) is 8.84. The van der Waals surface area contributed by atoms with E-state index in [2.05, 4.69) is 0 Å². The third-order valence-corrected chi connectivity index (χ3v) is 4.16. The smallest absolute Gasteiger partial charge is 0.331 e. The molecule has 3 aromatic carbocycles. The zero-order valence-corrected chi connectivity index (χ0v) is 15.4. The van der Waals surface area contributed by atoms with E-state index in [9.17, 15) is 9.59 Å². The second-order valence-electron chi connectivity index (χ2n) is 6.06. The zero-order valence-electron chi connectivity index (χ0n) is 15.4. The van der Waals surface area contributed by atoms with Crippen LogP contribution in [-0.2, 0) is 9.53 Å². The monoisotopic (exact) mass is 372 g/mol. The molecule has 3 rings (SSSR count). The summed E-state index contributed by atoms with van der Waals surface area (Å²) < 4.78 is 10.7. The van der Waals surface area contributed by atoms with Gasteiger partial charge in [-0.1, -0.05) is 60.7 Å². The van der Waals surface area contributed by atoms with Crippen molar-refractivity contribution in [2.45, 2.75) is 6.10 Å². The van der Waals surface area contributed by atoms with Crippen molar-refractivity contribution in [3.63, 3.8) is 0 Å². The first-order chi connectivity index (χ1) is 13.7. The van der Waals surface area contributed by atoms with E-state index >= 15 is 0 Å². The lowest BCUT2D eigenvalue weighted by atomic mass is 9.99. The minimum Gasteiger partial charge on any atom is -0.497 e. The molecule has 0 unspecified atom stereocenters. The molecule has 0 aliphatic heterocycles. The fourth-order valence-electron chi connectivity index (χ4n) is 2.69. The van der Waals surface area contributed by atoms with Gasteiger partial charge >= 0.3 is 5.97 Å². The van der Waals surface area contributed by atoms with Crippen LogP contribution in [0.15, 0.2) is 91.0 Å². The highest BCUT2D eigenvalue weighted by Gasteiger charge is 2.25. The summed E-state index contributed by atoms with van der Waals surface area (Å²) in [6.07, 6.45) is 1.96. The summed E-state index contributed by atoms with van der Waals surface area (Å²) in [4.78, 5) is 25.4. The van der Waals surface area contributed by atoms with Gasteiger partial charge in [0.25, 0.3) is 0 Å². The van der Waals surface area contributed by atoms with Gasteiger partial charge in [-0.2, -0.15) is 0 Å². The van der Waals surface area contributed by atoms with Crippen LogP contribution < -0.4 is 4.74 Å². The fourth-order valence-corrected chi connectivity index (χ4v) is 2.69. The number of rotatable bonds is 7. The quantitative estimate of drug-likeness (QED) is 0.337. The summed E-state index contributed by atoms with van der Waals surface area (Å²) in [7, 11) is 1.56. The number of Topliss-reactive ketones (excluding diaryl/α,β-unsaturated/α-hetero) is 1. The Bertz CT molecular complexity index is 945. The minimum absolute atomic E-state index is 0.296. The van der Waals surface area contributed by atoms with Gasteiger partial charge in [0.2, 0.25) is 5.78 Å². The summed E-state index contributed by atoms with van der Waals surface area (Å²) in [5.74, 6) is -0.231. The fraction of sp³-hybridized carbons (Fsp3) is 0.0833. The predicted octanol–water partition coefficient (Wildman–Crippen LogP) is 4.88. The van der Waals surface area contributed by atoms with Crippen molar-refractivity contribution in [3.8, 4) is 5.75 Å². The van der Waals surface area contributed by atoms with Crippen molar-refractivity contribution < 1.29 is 19.1 Å². The number of hydrogen-bond acceptors (Lipinski definition) is 4. The molecule has 0 saturated heterocycles. The molecule has 0 saturated carbocycles. The lowest BCUT2D eigenvalue weighted by molar-refractivity contribution is -0.141. The highest BCUT2D eigenvalue weighted by atomic mass is 16.5. The number of esters is 1. The topological polar surface area (TPSA) is 52.6 Å². The molecule has 4 nitrogen and oxygen atoms in total. The molecule has 0 fully saturated rings. The van der Waals surface area contributed by atoms with Gasteiger partial charge in [0.15, 0.2) is 6.10 Å². The molecule has 0 bridgehead atoms. The molecule has 0 aromatic heterocycles. The number of ether oxygens (including phenoxy) is 2. The Balaban J connectivity index is 1.81. The van der Waals surface area contributed by atoms with E-state index in [4.69, 9.17) is 9.47 Å². The van der Waals surface area contributed by atoms with Crippen molar-refractivity contribution in [2.24, 2.45) is 0 Å². The van der Waals surface area contributed by atoms with Crippen LogP contribution in [0.25, 0.3) is 6.08 Å². The molecule has 0 heterocycles. The van der Waals surface area contributed by atoms with Gasteiger partial charge in [0.1, 0.15) is 5.75 Å². The maximum Gasteiger partial charge on any atom is 0.331 e. The Morgan fingerprint density at radius 1 is 0.821 bits per heavy atom. The average molecular weight is 372 g/mol. The Morgan fingerprint density at radius 2 is 1.43 bits per heavy atom. The van der Waals surface area contributed by atoms with E-state index in [1.807, 2.05) is 36.4 Å². The molecule has 0 aliphatic carbocycles. The van der Waals surface area contributed by atoms with Crippen molar-refractivity contribution in [1.82, 2.24) is 0 Å². The SMILES string of the molecule is COc1ccc(C(=O)[C@@H](OC(=O)/C=C/c2ccccc2)c2ccccc2)cc1. The standard InChI is InChI=1S/C24H20O4/c1-27-21-15-13-19(14-16-21)23(26)24(20-10-6-3-7-11-20)28-22(25)17-12-18-8-4-2-5-9-18/h2-17,24H,1H3/b17-12+/t24-/m0/s1. The van der Waals surface area contributed by atoms with Gasteiger partial charge in [-0.05, 0) is 35.9 Å². The Labute approximate surface area is 164 Å². The van der Waals surface area contributed by atoms with Crippen molar-refractivity contribution in [3.05, 3.63) is 108 Å². The van der Waals surface area contributed by atoms with E-state index in [1.54, 1.807) is 61.7 Å². The summed E-state index contributed by atoms with van der Waals surface area (Å²) in [5, 5.41) is 0. The summed E-state index contributed by atoms with van der Waals surface area (Å²) in [6, 6.07) is 25.1. The summed E-state index contributed by atoms with van der Waals surface area (Å²) >= 11 is 0. The highest BCUT2D eigenvalue weighted by Crippen LogP contribution is 2.24. The number of carbonyl (C=O) groups excluding carboxylic acids is 2. The van der Waals surface area contributed by atoms with Gasteiger partial charge in [0, 0.05) is 17.2 Å². The number of ketones is 1. The van der Waals surface area contributed by atoms with E-state index in [0.29, 0.717) is 16.9 Å². The molecule has 3 aromatic rings. The molecular weight excluding hydrogens is 352 g/mol. The Kier molecular flexibility index (Phi) is 6.37. The molecule has 4 heteroatoms. The summed E-state index contributed by atoms with van der Waals surface area (Å²) in [5.41, 5.74) is 1.93. The van der Waals surface area contributed by atoms with Gasteiger partial charge in [-0.25, -0.2) is 4.79 Å². The van der Waals surface area contributed by atoms with Gasteiger partial charge < -0.3 is 9.47 Å². The second-order valence-corrected chi connectivity index (χ2v) is 6.06. The summed E-state index contributed by atoms with van der Waals surface area (Å²) in [6.45, 7) is 0. The first-order valence-corrected chi connectivity index (χ1v) is 8.84. The normalized spacial score (nSPS) is 11.8. The molecule has 0 aliphatic rings. The first kappa shape index (κ1) is 19.1. The third-order valence-electron chi connectivity index (χ3n) is 4.16. The maximum atomic E-state index is 13.0. The van der Waals surface area contributed by atoms with E-state index in [1.165, 1.54) is 6.08 Å². The minimum atomic E-state index is -1.03. The highest BCUT2D eigenvalue weighted by molar-refractivity contribution is 6.01. The number of hydrogen-bond donors (Lipinski definition) is 0. The van der Waals surface area contributed by atoms with Crippen LogP contribution in [0, 0.1) is 0 Å². The maximum absolute atomic E-state index is 13.0. The molecular formula is C24H20O4. The van der Waals surface area contributed by atoms with Gasteiger partial charge in [-0.3, -0.25) is 4.79 Å². The molecule has 0 radical (unpaired) electrons. The largest absolute Gasteiger partial charge is 0.497 e. The molecule has 1 atom stereocenters. The average Bonchev–Trinajstić information content (AvgIpc) is 2.77. The van der Waals surface area contributed by atoms with Crippen molar-refractivity contribution in [2.75, 3.05) is 7.11 Å². The predicted molar refractivity (Wildman–Crippen MR) is 108 cm³/mol. The second kappa shape index (κ2) is 9.33. The van der Waals surface area contributed by atoms with E-state index in [-0.39, 0.29) is 5.78 Å². The number of benzene rings is 3. The molecule has 0 N–H and O–H groups in total. The van der Waals surface area contributed by atoms with Crippen LogP contribution in [0.3, 0.4) is 0 Å². The Hall–Kier alpha value is -3.66. The van der Waals surface area contributed by atoms with Crippen LogP contribution in [0.2, 0.25) is 0 Å².